The van der Waals surface area contributed by atoms with Crippen molar-refractivity contribution in [2.24, 2.45) is 0 Å². The van der Waals surface area contributed by atoms with Crippen molar-refractivity contribution >= 4 is 5.97 Å². The predicted molar refractivity (Wildman–Crippen MR) is 83.6 cm³/mol. The summed E-state index contributed by atoms with van der Waals surface area (Å²) in [6, 6.07) is 16.3. The highest BCUT2D eigenvalue weighted by molar-refractivity contribution is 5.66. The lowest BCUT2D eigenvalue weighted by atomic mass is 10.0. The molecule has 0 aromatic heterocycles. The number of benzene rings is 2. The number of rotatable bonds is 6. The highest BCUT2D eigenvalue weighted by atomic mass is 16.5. The van der Waals surface area contributed by atoms with Gasteiger partial charge in [-0.25, -0.2) is 0 Å². The van der Waals surface area contributed by atoms with Crippen LogP contribution in [0.3, 0.4) is 0 Å². The van der Waals surface area contributed by atoms with Crippen molar-refractivity contribution in [3.8, 4) is 16.9 Å². The summed E-state index contributed by atoms with van der Waals surface area (Å²) in [5.74, 6) is -0.0241. The molecule has 1 unspecified atom stereocenters. The van der Waals surface area contributed by atoms with Gasteiger partial charge in [-0.3, -0.25) is 4.79 Å². The van der Waals surface area contributed by atoms with Crippen LogP contribution in [0.2, 0.25) is 0 Å². The van der Waals surface area contributed by atoms with Gasteiger partial charge in [-0.05, 0) is 43.5 Å². The summed E-state index contributed by atoms with van der Waals surface area (Å²) >= 11 is 0. The maximum atomic E-state index is 10.5. The molecule has 2 aromatic carbocycles. The van der Waals surface area contributed by atoms with Gasteiger partial charge in [0.1, 0.15) is 5.75 Å². The first-order chi connectivity index (χ1) is 10.0. The summed E-state index contributed by atoms with van der Waals surface area (Å²) in [7, 11) is 0. The van der Waals surface area contributed by atoms with Gasteiger partial charge in [0.25, 0.3) is 0 Å². The quantitative estimate of drug-likeness (QED) is 0.860. The highest BCUT2D eigenvalue weighted by Gasteiger charge is 2.07. The number of carboxylic acids is 1. The van der Waals surface area contributed by atoms with Crippen LogP contribution in [0.4, 0.5) is 0 Å². The smallest absolute Gasteiger partial charge is 0.303 e. The molecule has 0 radical (unpaired) electrons. The number of carbonyl (C=O) groups is 1. The minimum atomic E-state index is -0.792. The Kier molecular flexibility index (Phi) is 4.99. The van der Waals surface area contributed by atoms with Gasteiger partial charge in [-0.2, -0.15) is 0 Å². The fourth-order valence-corrected chi connectivity index (χ4v) is 2.09. The van der Waals surface area contributed by atoms with E-state index in [1.165, 1.54) is 11.1 Å². The van der Waals surface area contributed by atoms with E-state index >= 15 is 0 Å². The first-order valence-corrected chi connectivity index (χ1v) is 7.10. The number of aliphatic carboxylic acids is 1. The molecule has 0 saturated carbocycles. The molecule has 0 heterocycles. The molecule has 0 saturated heterocycles. The van der Waals surface area contributed by atoms with E-state index in [4.69, 9.17) is 9.84 Å². The Labute approximate surface area is 125 Å². The monoisotopic (exact) mass is 284 g/mol. The van der Waals surface area contributed by atoms with E-state index in [1.807, 2.05) is 31.2 Å². The lowest BCUT2D eigenvalue weighted by Crippen LogP contribution is -2.13. The minimum absolute atomic E-state index is 0.105. The standard InChI is InChI=1S/C18H20O3/c1-13-3-6-15(7-4-13)16-8-10-17(11-9-16)21-14(2)5-12-18(19)20/h3-4,6-11,14H,5,12H2,1-2H3,(H,19,20). The van der Waals surface area contributed by atoms with E-state index < -0.39 is 5.97 Å². The average Bonchev–Trinajstić information content (AvgIpc) is 2.47. The molecule has 1 atom stereocenters. The second-order valence-electron chi connectivity index (χ2n) is 5.25. The van der Waals surface area contributed by atoms with Gasteiger partial charge in [0.2, 0.25) is 0 Å². The third kappa shape index (κ3) is 4.63. The van der Waals surface area contributed by atoms with Crippen LogP contribution in [0, 0.1) is 6.92 Å². The van der Waals surface area contributed by atoms with E-state index in [0.717, 1.165) is 11.3 Å². The molecule has 3 nitrogen and oxygen atoms in total. The fraction of sp³-hybridized carbons (Fsp3) is 0.278. The molecule has 0 amide bonds. The SMILES string of the molecule is Cc1ccc(-c2ccc(OC(C)CCC(=O)O)cc2)cc1. The second kappa shape index (κ2) is 6.93. The Hall–Kier alpha value is -2.29. The summed E-state index contributed by atoms with van der Waals surface area (Å²) in [6.45, 7) is 3.95. The topological polar surface area (TPSA) is 46.5 Å². The van der Waals surface area contributed by atoms with E-state index in [9.17, 15) is 4.79 Å². The molecule has 3 heteroatoms. The Bertz CT molecular complexity index is 585. The van der Waals surface area contributed by atoms with E-state index in [0.29, 0.717) is 6.42 Å². The van der Waals surface area contributed by atoms with Crippen LogP contribution in [-0.2, 0) is 4.79 Å². The van der Waals surface area contributed by atoms with Crippen LogP contribution < -0.4 is 4.74 Å². The van der Waals surface area contributed by atoms with Gasteiger partial charge in [-0.15, -0.1) is 0 Å². The third-order valence-corrected chi connectivity index (χ3v) is 3.34. The fourth-order valence-electron chi connectivity index (χ4n) is 2.09. The van der Waals surface area contributed by atoms with Gasteiger partial charge in [0, 0.05) is 6.42 Å². The third-order valence-electron chi connectivity index (χ3n) is 3.34. The van der Waals surface area contributed by atoms with Crippen molar-refractivity contribution in [3.63, 3.8) is 0 Å². The van der Waals surface area contributed by atoms with Crippen LogP contribution in [0.15, 0.2) is 48.5 Å². The molecule has 1 N–H and O–H groups in total. The number of hydrogen-bond acceptors (Lipinski definition) is 2. The Morgan fingerprint density at radius 2 is 1.57 bits per heavy atom. The molecule has 110 valence electrons. The van der Waals surface area contributed by atoms with Crippen molar-refractivity contribution in [2.45, 2.75) is 32.8 Å². The van der Waals surface area contributed by atoms with Crippen LogP contribution in [0.25, 0.3) is 11.1 Å². The molecule has 0 aliphatic heterocycles. The molecule has 2 rings (SSSR count). The zero-order valence-corrected chi connectivity index (χ0v) is 12.4. The lowest BCUT2D eigenvalue weighted by molar-refractivity contribution is -0.137. The molecule has 0 spiro atoms. The zero-order chi connectivity index (χ0) is 15.2. The summed E-state index contributed by atoms with van der Waals surface area (Å²) in [4.78, 5) is 10.5. The summed E-state index contributed by atoms with van der Waals surface area (Å²) in [5, 5.41) is 8.65. The van der Waals surface area contributed by atoms with E-state index in [-0.39, 0.29) is 12.5 Å². The first kappa shape index (κ1) is 15.1. The number of carboxylic acid groups (broad SMARTS) is 1. The molecule has 0 bridgehead atoms. The normalized spacial score (nSPS) is 11.9. The molecule has 0 aliphatic carbocycles. The average molecular weight is 284 g/mol. The van der Waals surface area contributed by atoms with E-state index in [1.54, 1.807) is 0 Å². The summed E-state index contributed by atoms with van der Waals surface area (Å²) in [6.07, 6.45) is 0.531. The van der Waals surface area contributed by atoms with E-state index in [2.05, 4.69) is 31.2 Å². The Balaban J connectivity index is 1.98. The van der Waals surface area contributed by atoms with Crippen LogP contribution in [0.5, 0.6) is 5.75 Å². The summed E-state index contributed by atoms with van der Waals surface area (Å²) in [5.41, 5.74) is 3.55. The van der Waals surface area contributed by atoms with Crippen molar-refractivity contribution in [3.05, 3.63) is 54.1 Å². The lowest BCUT2D eigenvalue weighted by Gasteiger charge is -2.14. The molecule has 0 fully saturated rings. The first-order valence-electron chi connectivity index (χ1n) is 7.10. The maximum Gasteiger partial charge on any atom is 0.303 e. The molecule has 0 aliphatic rings. The van der Waals surface area contributed by atoms with Crippen molar-refractivity contribution in [2.75, 3.05) is 0 Å². The van der Waals surface area contributed by atoms with Crippen LogP contribution in [-0.4, -0.2) is 17.2 Å². The molecular weight excluding hydrogens is 264 g/mol. The van der Waals surface area contributed by atoms with Gasteiger partial charge < -0.3 is 9.84 Å². The van der Waals surface area contributed by atoms with Crippen LogP contribution >= 0.6 is 0 Å². The van der Waals surface area contributed by atoms with Gasteiger partial charge in [0.05, 0.1) is 6.10 Å². The van der Waals surface area contributed by atoms with Crippen LogP contribution in [0.1, 0.15) is 25.3 Å². The van der Waals surface area contributed by atoms with Gasteiger partial charge in [0.15, 0.2) is 0 Å². The van der Waals surface area contributed by atoms with Crippen molar-refractivity contribution in [1.29, 1.82) is 0 Å². The zero-order valence-electron chi connectivity index (χ0n) is 12.4. The Morgan fingerprint density at radius 3 is 2.10 bits per heavy atom. The predicted octanol–water partition coefficient (Wildman–Crippen LogP) is 4.29. The number of aryl methyl sites for hydroxylation is 1. The summed E-state index contributed by atoms with van der Waals surface area (Å²) < 4.78 is 5.71. The largest absolute Gasteiger partial charge is 0.491 e. The van der Waals surface area contributed by atoms with Gasteiger partial charge in [-0.1, -0.05) is 42.0 Å². The maximum absolute atomic E-state index is 10.5. The second-order valence-corrected chi connectivity index (χ2v) is 5.25. The van der Waals surface area contributed by atoms with Crippen molar-refractivity contribution in [1.82, 2.24) is 0 Å². The minimum Gasteiger partial charge on any atom is -0.491 e. The highest BCUT2D eigenvalue weighted by Crippen LogP contribution is 2.23. The van der Waals surface area contributed by atoms with Gasteiger partial charge >= 0.3 is 5.97 Å². The number of hydrogen-bond donors (Lipinski definition) is 1. The Morgan fingerprint density at radius 1 is 1.05 bits per heavy atom. The molecule has 2 aromatic rings. The molecular formula is C18H20O3. The molecule has 21 heavy (non-hydrogen) atoms. The number of ether oxygens (including phenoxy) is 1. The van der Waals surface area contributed by atoms with Crippen molar-refractivity contribution < 1.29 is 14.6 Å².